The summed E-state index contributed by atoms with van der Waals surface area (Å²) in [6.07, 6.45) is 4.26. The maximum Gasteiger partial charge on any atom is 0.410 e. The second-order valence-electron chi connectivity index (χ2n) is 8.47. The smallest absolute Gasteiger partial charge is 0.410 e. The number of Topliss-reactive ketones (excluding diaryl/α,β-unsaturated/α-hetero) is 1. The largest absolute Gasteiger partial charge is 0.444 e. The van der Waals surface area contributed by atoms with Crippen molar-refractivity contribution in [3.63, 3.8) is 0 Å². The topological polar surface area (TPSA) is 55.8 Å². The molecule has 0 aliphatic carbocycles. The van der Waals surface area contributed by atoms with Crippen molar-refractivity contribution in [3.8, 4) is 0 Å². The van der Waals surface area contributed by atoms with Crippen LogP contribution in [0.15, 0.2) is 0 Å². The van der Waals surface area contributed by atoms with Gasteiger partial charge in [0.2, 0.25) is 0 Å². The van der Waals surface area contributed by atoms with E-state index in [1.807, 2.05) is 20.8 Å². The van der Waals surface area contributed by atoms with E-state index < -0.39 is 15.9 Å². The van der Waals surface area contributed by atoms with Gasteiger partial charge < -0.3 is 13.8 Å². The monoisotopic (exact) mass is 347 g/mol. The molecule has 1 aliphatic heterocycles. The van der Waals surface area contributed by atoms with Crippen LogP contribution in [0.3, 0.4) is 0 Å². The van der Waals surface area contributed by atoms with Gasteiger partial charge in [-0.1, -0.05) is 20.8 Å². The Balaban J connectivity index is 2.65. The van der Waals surface area contributed by atoms with Crippen molar-refractivity contribution in [2.24, 2.45) is 5.92 Å². The standard InChI is InChI=1S/C17H33NO4S/c1-16(2,3)22-15(20)18-10-9-14(19)13(11-18)12-21-23(7,8)17(4,5)6/h13H,9-12H2,1-8H3. The highest BCUT2D eigenvalue weighted by Gasteiger charge is 2.35. The minimum atomic E-state index is -1.27. The van der Waals surface area contributed by atoms with Crippen LogP contribution >= 0.6 is 10.3 Å². The molecule has 1 aliphatic rings. The molecule has 0 aromatic rings. The summed E-state index contributed by atoms with van der Waals surface area (Å²) < 4.78 is 11.6. The van der Waals surface area contributed by atoms with Crippen molar-refractivity contribution in [2.75, 3.05) is 32.2 Å². The number of ketones is 1. The zero-order valence-electron chi connectivity index (χ0n) is 15.9. The third kappa shape index (κ3) is 5.99. The molecule has 1 rings (SSSR count). The first-order valence-corrected chi connectivity index (χ1v) is 10.5. The fourth-order valence-corrected chi connectivity index (χ4v) is 2.83. The third-order valence-corrected chi connectivity index (χ3v) is 7.89. The lowest BCUT2D eigenvalue weighted by Gasteiger charge is -2.45. The maximum atomic E-state index is 12.2. The van der Waals surface area contributed by atoms with E-state index in [4.69, 9.17) is 8.92 Å². The molecule has 5 nitrogen and oxygen atoms in total. The van der Waals surface area contributed by atoms with Crippen LogP contribution in [0.2, 0.25) is 0 Å². The number of ether oxygens (including phenoxy) is 1. The summed E-state index contributed by atoms with van der Waals surface area (Å²) in [6.45, 7) is 13.2. The summed E-state index contributed by atoms with van der Waals surface area (Å²) in [7, 11) is -1.27. The summed E-state index contributed by atoms with van der Waals surface area (Å²) in [4.78, 5) is 26.0. The van der Waals surface area contributed by atoms with Crippen molar-refractivity contribution in [3.05, 3.63) is 0 Å². The molecular formula is C17H33NO4S. The molecule has 1 amide bonds. The molecule has 0 bridgehead atoms. The Morgan fingerprint density at radius 1 is 1.22 bits per heavy atom. The second kappa shape index (κ2) is 7.01. The summed E-state index contributed by atoms with van der Waals surface area (Å²) in [5.41, 5.74) is -0.525. The first-order chi connectivity index (χ1) is 10.2. The predicted octanol–water partition coefficient (Wildman–Crippen LogP) is 3.61. The fourth-order valence-electron chi connectivity index (χ4n) is 1.98. The third-order valence-electron chi connectivity index (χ3n) is 4.21. The van der Waals surface area contributed by atoms with Gasteiger partial charge >= 0.3 is 6.09 Å². The molecule has 1 saturated heterocycles. The van der Waals surface area contributed by atoms with Gasteiger partial charge in [-0.2, -0.15) is 0 Å². The predicted molar refractivity (Wildman–Crippen MR) is 96.1 cm³/mol. The normalized spacial score (nSPS) is 21.3. The molecule has 0 N–H and O–H groups in total. The highest BCUT2D eigenvalue weighted by molar-refractivity contribution is 8.29. The Hall–Kier alpha value is -0.750. The summed E-state index contributed by atoms with van der Waals surface area (Å²) in [6, 6.07) is 0. The summed E-state index contributed by atoms with van der Waals surface area (Å²) >= 11 is 0. The molecule has 6 heteroatoms. The average molecular weight is 348 g/mol. The number of nitrogens with zero attached hydrogens (tertiary/aromatic N) is 1. The average Bonchev–Trinajstić information content (AvgIpc) is 2.34. The van der Waals surface area contributed by atoms with Crippen LogP contribution in [-0.2, 0) is 13.7 Å². The van der Waals surface area contributed by atoms with Gasteiger partial charge in [0.05, 0.1) is 12.5 Å². The molecule has 23 heavy (non-hydrogen) atoms. The van der Waals surface area contributed by atoms with E-state index in [0.29, 0.717) is 26.1 Å². The van der Waals surface area contributed by atoms with E-state index in [2.05, 4.69) is 33.3 Å². The molecule has 0 aromatic heterocycles. The first-order valence-electron chi connectivity index (χ1n) is 8.11. The lowest BCUT2D eigenvalue weighted by molar-refractivity contribution is -0.126. The second-order valence-corrected chi connectivity index (χ2v) is 12.4. The zero-order valence-corrected chi connectivity index (χ0v) is 16.7. The lowest BCUT2D eigenvalue weighted by Crippen LogP contribution is -2.47. The molecule has 1 atom stereocenters. The number of piperidine rings is 1. The Bertz CT molecular complexity index is 448. The lowest BCUT2D eigenvalue weighted by atomic mass is 9.98. The quantitative estimate of drug-likeness (QED) is 0.782. The highest BCUT2D eigenvalue weighted by Crippen LogP contribution is 2.53. The van der Waals surface area contributed by atoms with Gasteiger partial charge in [0.1, 0.15) is 11.4 Å². The molecule has 136 valence electrons. The van der Waals surface area contributed by atoms with Gasteiger partial charge in [-0.15, -0.1) is 10.3 Å². The van der Waals surface area contributed by atoms with Gasteiger partial charge in [0.15, 0.2) is 0 Å². The summed E-state index contributed by atoms with van der Waals surface area (Å²) in [5, 5.41) is 0. The van der Waals surface area contributed by atoms with Gasteiger partial charge in [-0.3, -0.25) is 4.79 Å². The van der Waals surface area contributed by atoms with E-state index in [-0.39, 0.29) is 22.5 Å². The molecule has 0 radical (unpaired) electrons. The highest BCUT2D eigenvalue weighted by atomic mass is 32.3. The zero-order chi connectivity index (χ0) is 18.1. The molecule has 0 spiro atoms. The molecule has 0 aromatic carbocycles. The minimum Gasteiger partial charge on any atom is -0.444 e. The Morgan fingerprint density at radius 2 is 1.78 bits per heavy atom. The number of carbonyl (C=O) groups is 2. The number of likely N-dealkylation sites (tertiary alicyclic amines) is 1. The first kappa shape index (κ1) is 20.3. The number of hydrogen-bond acceptors (Lipinski definition) is 4. The van der Waals surface area contributed by atoms with Crippen LogP contribution in [-0.4, -0.2) is 59.3 Å². The van der Waals surface area contributed by atoms with E-state index in [1.54, 1.807) is 4.90 Å². The van der Waals surface area contributed by atoms with Crippen molar-refractivity contribution < 1.29 is 18.5 Å². The fraction of sp³-hybridized carbons (Fsp3) is 0.882. The Labute approximate surface area is 142 Å². The van der Waals surface area contributed by atoms with Crippen LogP contribution in [0.25, 0.3) is 0 Å². The SMILES string of the molecule is CC(C)(C)OC(=O)N1CCC(=O)C(COS(C)(C)C(C)(C)C)C1. The number of carbonyl (C=O) groups excluding carboxylic acids is 2. The number of hydrogen-bond donors (Lipinski definition) is 0. The van der Waals surface area contributed by atoms with Crippen molar-refractivity contribution >= 4 is 22.2 Å². The molecule has 1 fully saturated rings. The van der Waals surface area contributed by atoms with Gasteiger partial charge in [0, 0.05) is 24.3 Å². The molecular weight excluding hydrogens is 314 g/mol. The molecule has 1 unspecified atom stereocenters. The van der Waals surface area contributed by atoms with E-state index in [1.165, 1.54) is 0 Å². The van der Waals surface area contributed by atoms with Crippen LogP contribution in [0.5, 0.6) is 0 Å². The maximum absolute atomic E-state index is 12.2. The molecule has 0 saturated carbocycles. The van der Waals surface area contributed by atoms with E-state index in [0.717, 1.165) is 0 Å². The van der Waals surface area contributed by atoms with Gasteiger partial charge in [-0.05, 0) is 33.3 Å². The van der Waals surface area contributed by atoms with Crippen LogP contribution in [0.1, 0.15) is 48.0 Å². The summed E-state index contributed by atoms with van der Waals surface area (Å²) in [5.74, 6) is -0.0840. The molecule has 1 heterocycles. The van der Waals surface area contributed by atoms with E-state index in [9.17, 15) is 9.59 Å². The Morgan fingerprint density at radius 3 is 2.26 bits per heavy atom. The van der Waals surface area contributed by atoms with Gasteiger partial charge in [0.25, 0.3) is 0 Å². The van der Waals surface area contributed by atoms with Crippen molar-refractivity contribution in [1.82, 2.24) is 4.90 Å². The number of rotatable bonds is 3. The Kier molecular flexibility index (Phi) is 6.19. The van der Waals surface area contributed by atoms with Crippen LogP contribution in [0.4, 0.5) is 4.79 Å². The van der Waals surface area contributed by atoms with Crippen molar-refractivity contribution in [2.45, 2.75) is 58.3 Å². The number of amides is 1. The van der Waals surface area contributed by atoms with E-state index >= 15 is 0 Å². The van der Waals surface area contributed by atoms with Crippen molar-refractivity contribution in [1.29, 1.82) is 0 Å². The van der Waals surface area contributed by atoms with Crippen LogP contribution in [0, 0.1) is 5.92 Å². The van der Waals surface area contributed by atoms with Gasteiger partial charge in [-0.25, -0.2) is 4.79 Å². The minimum absolute atomic E-state index is 0.0512. The van der Waals surface area contributed by atoms with Crippen LogP contribution < -0.4 is 0 Å².